The van der Waals surface area contributed by atoms with E-state index in [1.165, 1.54) is 17.5 Å². The first-order valence-electron chi connectivity index (χ1n) is 10.7. The normalized spacial score (nSPS) is 22.2. The lowest BCUT2D eigenvalue weighted by Crippen LogP contribution is -2.45. The van der Waals surface area contributed by atoms with Gasteiger partial charge in [0, 0.05) is 25.2 Å². The lowest BCUT2D eigenvalue weighted by molar-refractivity contribution is -0.123. The van der Waals surface area contributed by atoms with Crippen molar-refractivity contribution in [1.82, 2.24) is 15.5 Å². The number of ketones is 1. The molecule has 2 aliphatic heterocycles. The van der Waals surface area contributed by atoms with E-state index < -0.39 is 0 Å². The molecule has 1 aromatic carbocycles. The molecule has 1 amide bonds. The second-order valence-corrected chi connectivity index (χ2v) is 8.68. The number of Topliss-reactive ketones (excluding diaryl/α,β-unsaturated/α-hetero) is 1. The number of amides is 1. The molecule has 6 heteroatoms. The summed E-state index contributed by atoms with van der Waals surface area (Å²) < 4.78 is 0. The molecule has 0 aliphatic carbocycles. The smallest absolute Gasteiger partial charge is 0.237 e. The van der Waals surface area contributed by atoms with E-state index in [2.05, 4.69) is 35.4 Å². The largest absolute Gasteiger partial charge is 0.354 e. The monoisotopic (exact) mass is 421 g/mol. The fourth-order valence-corrected chi connectivity index (χ4v) is 4.97. The summed E-state index contributed by atoms with van der Waals surface area (Å²) >= 11 is 0. The number of carbonyl (C=O) groups is 2. The molecule has 2 unspecified atom stereocenters. The van der Waals surface area contributed by atoms with Crippen molar-refractivity contribution in [2.45, 2.75) is 66.0 Å². The number of benzene rings is 1. The van der Waals surface area contributed by atoms with Crippen molar-refractivity contribution in [1.29, 1.82) is 0 Å². The molecule has 0 spiro atoms. The average Bonchev–Trinajstić information content (AvgIpc) is 3.18. The summed E-state index contributed by atoms with van der Waals surface area (Å²) in [5.41, 5.74) is 5.64. The van der Waals surface area contributed by atoms with Gasteiger partial charge in [-0.2, -0.15) is 0 Å². The van der Waals surface area contributed by atoms with E-state index in [0.717, 1.165) is 68.7 Å². The van der Waals surface area contributed by atoms with Crippen LogP contribution in [0, 0.1) is 26.7 Å². The van der Waals surface area contributed by atoms with Gasteiger partial charge < -0.3 is 10.6 Å². The Labute approximate surface area is 181 Å². The fourth-order valence-electron chi connectivity index (χ4n) is 4.97. The molecule has 0 aromatic heterocycles. The highest BCUT2D eigenvalue weighted by atomic mass is 35.5. The fraction of sp³-hybridized carbons (Fsp3) is 0.652. The van der Waals surface area contributed by atoms with Gasteiger partial charge in [0.1, 0.15) is 0 Å². The van der Waals surface area contributed by atoms with Crippen molar-refractivity contribution in [2.75, 3.05) is 26.2 Å². The van der Waals surface area contributed by atoms with Crippen LogP contribution in [-0.2, 0) is 11.3 Å². The topological polar surface area (TPSA) is 61.4 Å². The number of aryl methyl sites for hydroxylation is 2. The highest BCUT2D eigenvalue weighted by Crippen LogP contribution is 2.26. The van der Waals surface area contributed by atoms with Crippen LogP contribution in [0.4, 0.5) is 0 Å². The lowest BCUT2D eigenvalue weighted by Gasteiger charge is -2.34. The van der Waals surface area contributed by atoms with E-state index in [1.807, 2.05) is 6.92 Å². The molecular weight excluding hydrogens is 386 g/mol. The van der Waals surface area contributed by atoms with Gasteiger partial charge in [-0.25, -0.2) is 0 Å². The minimum Gasteiger partial charge on any atom is -0.354 e. The molecule has 2 N–H and O–H groups in total. The summed E-state index contributed by atoms with van der Waals surface area (Å²) in [4.78, 5) is 26.8. The first-order valence-corrected chi connectivity index (χ1v) is 10.7. The first-order chi connectivity index (χ1) is 13.4. The highest BCUT2D eigenvalue weighted by Gasteiger charge is 2.25. The van der Waals surface area contributed by atoms with Crippen molar-refractivity contribution >= 4 is 24.1 Å². The van der Waals surface area contributed by atoms with E-state index in [0.29, 0.717) is 5.92 Å². The van der Waals surface area contributed by atoms with Gasteiger partial charge in [0.15, 0.2) is 5.78 Å². The Kier molecular flexibility index (Phi) is 8.68. The molecule has 0 bridgehead atoms. The van der Waals surface area contributed by atoms with Gasteiger partial charge in [0.25, 0.3) is 0 Å². The summed E-state index contributed by atoms with van der Waals surface area (Å²) in [5, 5.41) is 6.43. The molecule has 2 heterocycles. The Morgan fingerprint density at radius 2 is 1.93 bits per heavy atom. The van der Waals surface area contributed by atoms with Gasteiger partial charge >= 0.3 is 0 Å². The van der Waals surface area contributed by atoms with Crippen molar-refractivity contribution in [2.24, 2.45) is 5.92 Å². The molecule has 0 saturated carbocycles. The van der Waals surface area contributed by atoms with E-state index in [-0.39, 0.29) is 30.1 Å². The van der Waals surface area contributed by atoms with Crippen LogP contribution in [0.2, 0.25) is 0 Å². The Morgan fingerprint density at radius 1 is 1.17 bits per heavy atom. The van der Waals surface area contributed by atoms with Crippen molar-refractivity contribution < 1.29 is 9.59 Å². The molecule has 0 radical (unpaired) electrons. The second kappa shape index (κ2) is 10.6. The minimum absolute atomic E-state index is 0. The van der Waals surface area contributed by atoms with Gasteiger partial charge in [-0.15, -0.1) is 12.4 Å². The Hall–Kier alpha value is -1.43. The molecule has 5 nitrogen and oxygen atoms in total. The van der Waals surface area contributed by atoms with Crippen LogP contribution in [0.3, 0.4) is 0 Å². The van der Waals surface area contributed by atoms with Crippen LogP contribution in [0.5, 0.6) is 0 Å². The van der Waals surface area contributed by atoms with Crippen LogP contribution in [0.1, 0.15) is 65.2 Å². The zero-order chi connectivity index (χ0) is 20.3. The molecule has 162 valence electrons. The van der Waals surface area contributed by atoms with Crippen LogP contribution in [0.15, 0.2) is 6.07 Å². The number of halogens is 1. The third kappa shape index (κ3) is 5.80. The Balaban J connectivity index is 0.00000300. The lowest BCUT2D eigenvalue weighted by atomic mass is 9.90. The standard InChI is InChI=1S/C23H35N3O2.ClH/c1-15-11-16(2)22(18(4)27)17(3)20(15)14-26-10-6-7-19(13-26)12-25-23(28)21-8-5-9-24-21;/h11,19,21,24H,5-10,12-14H2,1-4H3,(H,25,28);1H. The molecule has 2 saturated heterocycles. The van der Waals surface area contributed by atoms with Crippen LogP contribution < -0.4 is 10.6 Å². The highest BCUT2D eigenvalue weighted by molar-refractivity contribution is 5.97. The maximum Gasteiger partial charge on any atom is 0.237 e. The number of nitrogens with zero attached hydrogens (tertiary/aromatic N) is 1. The van der Waals surface area contributed by atoms with E-state index in [1.54, 1.807) is 6.92 Å². The molecule has 3 rings (SSSR count). The zero-order valence-electron chi connectivity index (χ0n) is 18.3. The third-order valence-corrected chi connectivity index (χ3v) is 6.41. The molecular formula is C23H36ClN3O2. The molecule has 29 heavy (non-hydrogen) atoms. The van der Waals surface area contributed by atoms with Crippen molar-refractivity contribution in [3.63, 3.8) is 0 Å². The summed E-state index contributed by atoms with van der Waals surface area (Å²) in [6.45, 7) is 12.6. The van der Waals surface area contributed by atoms with Gasteiger partial charge in [0.05, 0.1) is 6.04 Å². The summed E-state index contributed by atoms with van der Waals surface area (Å²) in [7, 11) is 0. The van der Waals surface area contributed by atoms with Gasteiger partial charge in [-0.1, -0.05) is 6.07 Å². The number of hydrogen-bond donors (Lipinski definition) is 2. The van der Waals surface area contributed by atoms with Crippen molar-refractivity contribution in [3.8, 4) is 0 Å². The number of rotatable bonds is 6. The quantitative estimate of drug-likeness (QED) is 0.691. The SMILES string of the molecule is CC(=O)c1c(C)cc(C)c(CN2CCCC(CNC(=O)C3CCCN3)C2)c1C.Cl. The van der Waals surface area contributed by atoms with Crippen LogP contribution in [0.25, 0.3) is 0 Å². The van der Waals surface area contributed by atoms with E-state index in [4.69, 9.17) is 0 Å². The summed E-state index contributed by atoms with van der Waals surface area (Å²) in [6, 6.07) is 2.15. The Morgan fingerprint density at radius 3 is 2.59 bits per heavy atom. The van der Waals surface area contributed by atoms with Gasteiger partial charge in [-0.05, 0) is 94.6 Å². The Bertz CT molecular complexity index is 744. The molecule has 2 fully saturated rings. The molecule has 2 aliphatic rings. The first kappa shape index (κ1) is 23.8. The summed E-state index contributed by atoms with van der Waals surface area (Å²) in [5.74, 6) is 0.805. The number of piperidine rings is 1. The maximum absolute atomic E-state index is 12.3. The van der Waals surface area contributed by atoms with Gasteiger partial charge in [-0.3, -0.25) is 14.5 Å². The van der Waals surface area contributed by atoms with Crippen LogP contribution in [-0.4, -0.2) is 48.8 Å². The van der Waals surface area contributed by atoms with E-state index in [9.17, 15) is 9.59 Å². The van der Waals surface area contributed by atoms with Crippen molar-refractivity contribution in [3.05, 3.63) is 33.9 Å². The third-order valence-electron chi connectivity index (χ3n) is 6.41. The minimum atomic E-state index is 0. The number of hydrogen-bond acceptors (Lipinski definition) is 4. The maximum atomic E-state index is 12.3. The molecule has 1 aromatic rings. The van der Waals surface area contributed by atoms with Crippen LogP contribution >= 0.6 is 12.4 Å². The number of nitrogens with one attached hydrogen (secondary N) is 2. The number of carbonyl (C=O) groups excluding carboxylic acids is 2. The summed E-state index contributed by atoms with van der Waals surface area (Å²) in [6.07, 6.45) is 4.37. The second-order valence-electron chi connectivity index (χ2n) is 8.68. The predicted molar refractivity (Wildman–Crippen MR) is 120 cm³/mol. The zero-order valence-corrected chi connectivity index (χ0v) is 19.1. The average molecular weight is 422 g/mol. The predicted octanol–water partition coefficient (Wildman–Crippen LogP) is 3.32. The van der Waals surface area contributed by atoms with E-state index >= 15 is 0 Å². The van der Waals surface area contributed by atoms with Gasteiger partial charge in [0.2, 0.25) is 5.91 Å². The molecule has 2 atom stereocenters. The number of likely N-dealkylation sites (tertiary alicyclic amines) is 1.